The van der Waals surface area contributed by atoms with Gasteiger partial charge in [-0.2, -0.15) is 0 Å². The van der Waals surface area contributed by atoms with Crippen LogP contribution in [0.2, 0.25) is 0 Å². The number of ether oxygens (including phenoxy) is 1. The number of aryl methyl sites for hydroxylation is 1. The first-order chi connectivity index (χ1) is 7.61. The van der Waals surface area contributed by atoms with Crippen LogP contribution in [-0.2, 0) is 4.74 Å². The smallest absolute Gasteiger partial charge is 0.409 e. The van der Waals surface area contributed by atoms with Crippen molar-refractivity contribution in [2.24, 2.45) is 5.73 Å². The number of nitrogens with two attached hydrogens (primary N) is 1. The molecule has 88 valence electrons. The van der Waals surface area contributed by atoms with E-state index in [9.17, 15) is 4.79 Å². The first kappa shape index (κ1) is 11.4. The number of thiophene rings is 1. The van der Waals surface area contributed by atoms with Gasteiger partial charge in [0.1, 0.15) is 0 Å². The number of hydrogen-bond donors (Lipinski definition) is 1. The minimum atomic E-state index is -0.286. The van der Waals surface area contributed by atoms with Crippen molar-refractivity contribution in [3.05, 3.63) is 21.9 Å². The number of methoxy groups -OCH3 is 1. The average Bonchev–Trinajstić information content (AvgIpc) is 2.83. The molecule has 1 aliphatic heterocycles. The zero-order chi connectivity index (χ0) is 11.7. The third kappa shape index (κ3) is 2.05. The van der Waals surface area contributed by atoms with Crippen LogP contribution in [-0.4, -0.2) is 37.2 Å². The van der Waals surface area contributed by atoms with E-state index in [1.807, 2.05) is 0 Å². The van der Waals surface area contributed by atoms with E-state index in [1.54, 1.807) is 16.2 Å². The summed E-state index contributed by atoms with van der Waals surface area (Å²) in [4.78, 5) is 15.6. The standard InChI is InChI=1S/C11H16N2O2S/c1-7-3-4-10(16-7)8-5-13(6-9(8)12)11(14)15-2/h3-4,8-9H,5-6,12H2,1-2H3. The van der Waals surface area contributed by atoms with Crippen molar-refractivity contribution in [2.75, 3.05) is 20.2 Å². The highest BCUT2D eigenvalue weighted by Gasteiger charge is 2.35. The highest BCUT2D eigenvalue weighted by atomic mass is 32.1. The number of rotatable bonds is 1. The van der Waals surface area contributed by atoms with Crippen molar-refractivity contribution >= 4 is 17.4 Å². The van der Waals surface area contributed by atoms with Gasteiger partial charge in [0, 0.05) is 34.8 Å². The van der Waals surface area contributed by atoms with E-state index < -0.39 is 0 Å². The molecule has 4 nitrogen and oxygen atoms in total. The van der Waals surface area contributed by atoms with E-state index >= 15 is 0 Å². The van der Waals surface area contributed by atoms with Gasteiger partial charge in [0.05, 0.1) is 7.11 Å². The fourth-order valence-electron chi connectivity index (χ4n) is 2.06. The van der Waals surface area contributed by atoms with Crippen LogP contribution in [0.15, 0.2) is 12.1 Å². The number of amides is 1. The van der Waals surface area contributed by atoms with Gasteiger partial charge in [0.15, 0.2) is 0 Å². The molecule has 0 bridgehead atoms. The Balaban J connectivity index is 2.10. The molecule has 2 atom stereocenters. The normalized spacial score (nSPS) is 24.8. The topological polar surface area (TPSA) is 55.6 Å². The maximum atomic E-state index is 11.4. The Morgan fingerprint density at radius 3 is 2.88 bits per heavy atom. The van der Waals surface area contributed by atoms with Gasteiger partial charge in [-0.05, 0) is 19.1 Å². The summed E-state index contributed by atoms with van der Waals surface area (Å²) < 4.78 is 4.71. The van der Waals surface area contributed by atoms with E-state index in [4.69, 9.17) is 10.5 Å². The van der Waals surface area contributed by atoms with E-state index in [-0.39, 0.29) is 18.1 Å². The van der Waals surface area contributed by atoms with Gasteiger partial charge in [-0.1, -0.05) is 0 Å². The molecular formula is C11H16N2O2S. The highest BCUT2D eigenvalue weighted by Crippen LogP contribution is 2.31. The minimum absolute atomic E-state index is 0.0112. The Morgan fingerprint density at radius 1 is 1.56 bits per heavy atom. The number of likely N-dealkylation sites (tertiary alicyclic amines) is 1. The molecule has 2 heterocycles. The van der Waals surface area contributed by atoms with Gasteiger partial charge in [0.25, 0.3) is 0 Å². The van der Waals surface area contributed by atoms with Gasteiger partial charge >= 0.3 is 6.09 Å². The fraction of sp³-hybridized carbons (Fsp3) is 0.545. The quantitative estimate of drug-likeness (QED) is 0.810. The summed E-state index contributed by atoms with van der Waals surface area (Å²) >= 11 is 1.75. The van der Waals surface area contributed by atoms with Crippen LogP contribution in [0.4, 0.5) is 4.79 Å². The maximum Gasteiger partial charge on any atom is 0.409 e. The van der Waals surface area contributed by atoms with Gasteiger partial charge in [-0.15, -0.1) is 11.3 Å². The highest BCUT2D eigenvalue weighted by molar-refractivity contribution is 7.12. The molecule has 0 aliphatic carbocycles. The maximum absolute atomic E-state index is 11.4. The Bertz CT molecular complexity index is 391. The molecule has 1 amide bonds. The number of hydrogen-bond acceptors (Lipinski definition) is 4. The van der Waals surface area contributed by atoms with Gasteiger partial charge in [-0.25, -0.2) is 4.79 Å². The summed E-state index contributed by atoms with van der Waals surface area (Å²) in [6.45, 7) is 3.31. The Hall–Kier alpha value is -1.07. The molecular weight excluding hydrogens is 224 g/mol. The third-order valence-corrected chi connectivity index (χ3v) is 4.06. The first-order valence-electron chi connectivity index (χ1n) is 5.26. The predicted molar refractivity (Wildman–Crippen MR) is 63.8 cm³/mol. The Labute approximate surface area is 99.0 Å². The molecule has 1 saturated heterocycles. The lowest BCUT2D eigenvalue weighted by Gasteiger charge is -2.13. The lowest BCUT2D eigenvalue weighted by molar-refractivity contribution is 0.132. The molecule has 0 saturated carbocycles. The molecule has 2 unspecified atom stereocenters. The monoisotopic (exact) mass is 240 g/mol. The number of carbonyl (C=O) groups excluding carboxylic acids is 1. The third-order valence-electron chi connectivity index (χ3n) is 2.92. The number of nitrogens with zero attached hydrogens (tertiary/aromatic N) is 1. The second kappa shape index (κ2) is 4.43. The second-order valence-electron chi connectivity index (χ2n) is 4.09. The zero-order valence-electron chi connectivity index (χ0n) is 9.47. The summed E-state index contributed by atoms with van der Waals surface area (Å²) in [5.74, 6) is 0.248. The van der Waals surface area contributed by atoms with Crippen LogP contribution in [0.1, 0.15) is 15.7 Å². The molecule has 2 N–H and O–H groups in total. The Kier molecular flexibility index (Phi) is 3.16. The van der Waals surface area contributed by atoms with Gasteiger partial charge in [-0.3, -0.25) is 0 Å². The van der Waals surface area contributed by atoms with Gasteiger partial charge < -0.3 is 15.4 Å². The SMILES string of the molecule is COC(=O)N1CC(N)C(c2ccc(C)s2)C1. The van der Waals surface area contributed by atoms with Gasteiger partial charge in [0.2, 0.25) is 0 Å². The van der Waals surface area contributed by atoms with Crippen LogP contribution >= 0.6 is 11.3 Å². The molecule has 5 heteroatoms. The van der Waals surface area contributed by atoms with Crippen LogP contribution in [0, 0.1) is 6.92 Å². The van der Waals surface area contributed by atoms with E-state index in [1.165, 1.54) is 16.9 Å². The summed E-state index contributed by atoms with van der Waals surface area (Å²) in [7, 11) is 1.40. The van der Waals surface area contributed by atoms with Crippen molar-refractivity contribution < 1.29 is 9.53 Å². The summed E-state index contributed by atoms with van der Waals surface area (Å²) in [5, 5.41) is 0. The van der Waals surface area contributed by atoms with Crippen molar-refractivity contribution in [3.8, 4) is 0 Å². The summed E-state index contributed by atoms with van der Waals surface area (Å²) in [6, 6.07) is 4.20. The molecule has 1 aromatic rings. The molecule has 2 rings (SSSR count). The largest absolute Gasteiger partial charge is 0.453 e. The van der Waals surface area contributed by atoms with Crippen LogP contribution in [0.5, 0.6) is 0 Å². The van der Waals surface area contributed by atoms with Crippen molar-refractivity contribution in [3.63, 3.8) is 0 Å². The first-order valence-corrected chi connectivity index (χ1v) is 6.08. The minimum Gasteiger partial charge on any atom is -0.453 e. The van der Waals surface area contributed by atoms with Crippen molar-refractivity contribution in [2.45, 2.75) is 18.9 Å². The average molecular weight is 240 g/mol. The van der Waals surface area contributed by atoms with E-state index in [0.29, 0.717) is 13.1 Å². The van der Waals surface area contributed by atoms with Crippen molar-refractivity contribution in [1.82, 2.24) is 4.90 Å². The van der Waals surface area contributed by atoms with Crippen LogP contribution in [0.25, 0.3) is 0 Å². The number of carbonyl (C=O) groups is 1. The molecule has 0 radical (unpaired) electrons. The van der Waals surface area contributed by atoms with Crippen molar-refractivity contribution in [1.29, 1.82) is 0 Å². The lowest BCUT2D eigenvalue weighted by atomic mass is 10.0. The summed E-state index contributed by atoms with van der Waals surface area (Å²) in [6.07, 6.45) is -0.286. The predicted octanol–water partition coefficient (Wildman–Crippen LogP) is 1.55. The summed E-state index contributed by atoms with van der Waals surface area (Å²) in [5.41, 5.74) is 6.06. The Morgan fingerprint density at radius 2 is 2.31 bits per heavy atom. The van der Waals surface area contributed by atoms with Crippen LogP contribution in [0.3, 0.4) is 0 Å². The molecule has 1 fully saturated rings. The van der Waals surface area contributed by atoms with E-state index in [2.05, 4.69) is 19.1 Å². The van der Waals surface area contributed by atoms with E-state index in [0.717, 1.165) is 0 Å². The molecule has 1 aliphatic rings. The van der Waals surface area contributed by atoms with Crippen LogP contribution < -0.4 is 5.73 Å². The molecule has 1 aromatic heterocycles. The molecule has 0 spiro atoms. The molecule has 16 heavy (non-hydrogen) atoms. The molecule has 0 aromatic carbocycles. The second-order valence-corrected chi connectivity index (χ2v) is 5.41. The zero-order valence-corrected chi connectivity index (χ0v) is 10.3. The fourth-order valence-corrected chi connectivity index (χ4v) is 3.11. The lowest BCUT2D eigenvalue weighted by Crippen LogP contribution is -2.31.